The third kappa shape index (κ3) is 4.62. The van der Waals surface area contributed by atoms with Gasteiger partial charge in [-0.2, -0.15) is 13.5 Å². The summed E-state index contributed by atoms with van der Waals surface area (Å²) in [5.41, 5.74) is 0.131. The summed E-state index contributed by atoms with van der Waals surface area (Å²) in [6.45, 7) is 4.54. The van der Waals surface area contributed by atoms with Crippen LogP contribution in [0.3, 0.4) is 0 Å². The Morgan fingerprint density at radius 2 is 2.04 bits per heavy atom. The van der Waals surface area contributed by atoms with Crippen LogP contribution in [0.15, 0.2) is 40.3 Å². The molecule has 0 amide bonds. The summed E-state index contributed by atoms with van der Waals surface area (Å²) in [4.78, 5) is 15.2. The van der Waals surface area contributed by atoms with Crippen molar-refractivity contribution in [2.45, 2.75) is 11.8 Å². The molecule has 3 rings (SSSR count). The number of nitrogens with zero attached hydrogens (tertiary/aromatic N) is 3. The molecule has 0 saturated carbocycles. The molecule has 144 valence electrons. The van der Waals surface area contributed by atoms with Crippen LogP contribution in [-0.4, -0.2) is 45.9 Å². The molecular weight excluding hydrogens is 392 g/mol. The van der Waals surface area contributed by atoms with E-state index in [2.05, 4.69) is 14.8 Å². The average molecular weight is 410 g/mol. The monoisotopic (exact) mass is 410 g/mol. The number of rotatable bonds is 6. The summed E-state index contributed by atoms with van der Waals surface area (Å²) < 4.78 is 29.9. The fraction of sp³-hybridized carbons (Fsp3) is 0.312. The molecule has 1 aromatic heterocycles. The molecule has 27 heavy (non-hydrogen) atoms. The third-order valence-electron chi connectivity index (χ3n) is 3.99. The molecule has 0 spiro atoms. The fourth-order valence-corrected chi connectivity index (χ4v) is 4.27. The van der Waals surface area contributed by atoms with E-state index in [4.69, 9.17) is 4.74 Å². The predicted octanol–water partition coefficient (Wildman–Crippen LogP) is 2.11. The molecule has 1 saturated heterocycles. The molecule has 2 heterocycles. The first-order valence-corrected chi connectivity index (χ1v) is 10.4. The molecule has 11 heteroatoms. The first-order valence-electron chi connectivity index (χ1n) is 8.09. The number of morpholine rings is 1. The van der Waals surface area contributed by atoms with Gasteiger partial charge in [0.05, 0.1) is 34.2 Å². The van der Waals surface area contributed by atoms with Gasteiger partial charge >= 0.3 is 0 Å². The van der Waals surface area contributed by atoms with Crippen LogP contribution in [0, 0.1) is 17.0 Å². The zero-order valence-electron chi connectivity index (χ0n) is 14.5. The maximum Gasteiger partial charge on any atom is 0.276 e. The molecule has 9 nitrogen and oxygen atoms in total. The number of thiophene rings is 1. The van der Waals surface area contributed by atoms with Gasteiger partial charge in [-0.3, -0.25) is 10.1 Å². The summed E-state index contributed by atoms with van der Waals surface area (Å²) >= 11 is 1.49. The highest BCUT2D eigenvalue weighted by Gasteiger charge is 2.19. The number of aryl methyl sites for hydroxylation is 1. The lowest BCUT2D eigenvalue weighted by molar-refractivity contribution is -0.385. The smallest absolute Gasteiger partial charge is 0.276 e. The number of hydrogen-bond acceptors (Lipinski definition) is 8. The summed E-state index contributed by atoms with van der Waals surface area (Å²) in [6, 6.07) is 7.53. The lowest BCUT2D eigenvalue weighted by Gasteiger charge is -2.27. The molecule has 0 atom stereocenters. The Hall–Kier alpha value is -2.50. The Bertz CT molecular complexity index is 965. The minimum atomic E-state index is -3.99. The second-order valence-corrected chi connectivity index (χ2v) is 8.59. The predicted molar refractivity (Wildman–Crippen MR) is 103 cm³/mol. The molecule has 0 bridgehead atoms. The van der Waals surface area contributed by atoms with Crippen molar-refractivity contribution >= 4 is 38.3 Å². The SMILES string of the molecule is Cc1ccc(S(=O)(=O)N/N=C/c2ccc(N3CCOCC3)s2)cc1[N+](=O)[O-]. The van der Waals surface area contributed by atoms with E-state index in [0.717, 1.165) is 29.0 Å². The van der Waals surface area contributed by atoms with Gasteiger partial charge in [-0.25, -0.2) is 4.83 Å². The molecule has 1 N–H and O–H groups in total. The van der Waals surface area contributed by atoms with Gasteiger partial charge in [-0.1, -0.05) is 6.07 Å². The largest absolute Gasteiger partial charge is 0.378 e. The first kappa shape index (κ1) is 19.3. The molecule has 1 fully saturated rings. The van der Waals surface area contributed by atoms with Gasteiger partial charge < -0.3 is 9.64 Å². The Balaban J connectivity index is 1.69. The number of ether oxygens (including phenoxy) is 1. The van der Waals surface area contributed by atoms with Gasteiger partial charge in [0.15, 0.2) is 0 Å². The zero-order chi connectivity index (χ0) is 19.4. The Morgan fingerprint density at radius 1 is 1.30 bits per heavy atom. The number of benzene rings is 1. The quantitative estimate of drug-likeness (QED) is 0.443. The maximum atomic E-state index is 12.3. The van der Waals surface area contributed by atoms with E-state index in [0.29, 0.717) is 18.8 Å². The van der Waals surface area contributed by atoms with Gasteiger partial charge in [0.1, 0.15) is 0 Å². The summed E-state index contributed by atoms with van der Waals surface area (Å²) in [7, 11) is -3.99. The van der Waals surface area contributed by atoms with Crippen molar-refractivity contribution in [1.82, 2.24) is 4.83 Å². The van der Waals surface area contributed by atoms with Crippen molar-refractivity contribution in [2.24, 2.45) is 5.10 Å². The van der Waals surface area contributed by atoms with Crippen LogP contribution in [0.1, 0.15) is 10.4 Å². The van der Waals surface area contributed by atoms with Crippen LogP contribution in [-0.2, 0) is 14.8 Å². The van der Waals surface area contributed by atoms with Gasteiger partial charge in [0, 0.05) is 29.6 Å². The van der Waals surface area contributed by atoms with E-state index in [-0.39, 0.29) is 10.6 Å². The van der Waals surface area contributed by atoms with E-state index >= 15 is 0 Å². The molecule has 2 aromatic rings. The normalized spacial score (nSPS) is 15.2. The van der Waals surface area contributed by atoms with Gasteiger partial charge in [-0.15, -0.1) is 11.3 Å². The highest BCUT2D eigenvalue weighted by molar-refractivity contribution is 7.89. The molecule has 0 unspecified atom stereocenters. The summed E-state index contributed by atoms with van der Waals surface area (Å²) in [6.07, 6.45) is 1.41. The molecule has 1 aliphatic rings. The van der Waals surface area contributed by atoms with Crippen LogP contribution in [0.5, 0.6) is 0 Å². The second-order valence-electron chi connectivity index (χ2n) is 5.83. The van der Waals surface area contributed by atoms with Crippen LogP contribution in [0.25, 0.3) is 0 Å². The topological polar surface area (TPSA) is 114 Å². The molecule has 0 radical (unpaired) electrons. The third-order valence-corrected chi connectivity index (χ3v) is 6.29. The number of nitrogens with one attached hydrogen (secondary N) is 1. The first-order chi connectivity index (χ1) is 12.9. The van der Waals surface area contributed by atoms with Crippen molar-refractivity contribution in [3.63, 3.8) is 0 Å². The average Bonchev–Trinajstić information content (AvgIpc) is 3.11. The fourth-order valence-electron chi connectivity index (χ4n) is 2.53. The molecule has 0 aliphatic carbocycles. The molecular formula is C16H18N4O5S2. The summed E-state index contributed by atoms with van der Waals surface area (Å²) in [5.74, 6) is 0. The van der Waals surface area contributed by atoms with Gasteiger partial charge in [0.25, 0.3) is 15.7 Å². The van der Waals surface area contributed by atoms with Crippen molar-refractivity contribution in [2.75, 3.05) is 31.2 Å². The van der Waals surface area contributed by atoms with Crippen molar-refractivity contribution < 1.29 is 18.1 Å². The van der Waals surface area contributed by atoms with E-state index in [1.54, 1.807) is 6.92 Å². The standard InChI is InChI=1S/C16H18N4O5S2/c1-12-2-4-14(10-15(12)20(21)22)27(23,24)18-17-11-13-3-5-16(26-13)19-6-8-25-9-7-19/h2-5,10-11,18H,6-9H2,1H3/b17-11+. The molecule has 1 aromatic carbocycles. The van der Waals surface area contributed by atoms with Crippen LogP contribution in [0.4, 0.5) is 10.7 Å². The minimum absolute atomic E-state index is 0.211. The van der Waals surface area contributed by atoms with Crippen molar-refractivity contribution in [3.05, 3.63) is 50.9 Å². The van der Waals surface area contributed by atoms with Gasteiger partial charge in [-0.05, 0) is 25.1 Å². The van der Waals surface area contributed by atoms with E-state index in [1.165, 1.54) is 29.7 Å². The second kappa shape index (κ2) is 8.03. The van der Waals surface area contributed by atoms with Crippen LogP contribution in [0.2, 0.25) is 0 Å². The zero-order valence-corrected chi connectivity index (χ0v) is 16.1. The Morgan fingerprint density at radius 3 is 2.74 bits per heavy atom. The number of nitro benzene ring substituents is 1. The maximum absolute atomic E-state index is 12.3. The number of nitro groups is 1. The Labute approximate surface area is 160 Å². The lowest BCUT2D eigenvalue weighted by atomic mass is 10.2. The molecule has 1 aliphatic heterocycles. The van der Waals surface area contributed by atoms with Crippen molar-refractivity contribution in [3.8, 4) is 0 Å². The van der Waals surface area contributed by atoms with E-state index in [1.807, 2.05) is 12.1 Å². The van der Waals surface area contributed by atoms with E-state index in [9.17, 15) is 18.5 Å². The van der Waals surface area contributed by atoms with Crippen molar-refractivity contribution in [1.29, 1.82) is 0 Å². The minimum Gasteiger partial charge on any atom is -0.378 e. The number of hydrazone groups is 1. The van der Waals surface area contributed by atoms with E-state index < -0.39 is 14.9 Å². The summed E-state index contributed by atoms with van der Waals surface area (Å²) in [5, 5.41) is 15.8. The number of anilines is 1. The highest BCUT2D eigenvalue weighted by atomic mass is 32.2. The number of sulfonamides is 1. The van der Waals surface area contributed by atoms with Gasteiger partial charge in [0.2, 0.25) is 0 Å². The van der Waals surface area contributed by atoms with Crippen LogP contribution < -0.4 is 9.73 Å². The highest BCUT2D eigenvalue weighted by Crippen LogP contribution is 2.26. The van der Waals surface area contributed by atoms with Crippen LogP contribution >= 0.6 is 11.3 Å². The lowest BCUT2D eigenvalue weighted by Crippen LogP contribution is -2.35. The Kier molecular flexibility index (Phi) is 5.73. The number of hydrogen-bond donors (Lipinski definition) is 1.